The topological polar surface area (TPSA) is 46.2 Å². The summed E-state index contributed by atoms with van der Waals surface area (Å²) in [4.78, 5) is 0. The van der Waals surface area contributed by atoms with Gasteiger partial charge in [-0.1, -0.05) is 28.1 Å². The van der Waals surface area contributed by atoms with Crippen LogP contribution >= 0.6 is 15.9 Å². The summed E-state index contributed by atoms with van der Waals surface area (Å²) < 4.78 is 24.2. The van der Waals surface area contributed by atoms with Gasteiger partial charge in [0.25, 0.3) is 0 Å². The summed E-state index contributed by atoms with van der Waals surface area (Å²) in [5.41, 5.74) is 1.29. The highest BCUT2D eigenvalue weighted by Gasteiger charge is 2.30. The lowest BCUT2D eigenvalue weighted by Gasteiger charge is -2.30. The monoisotopic (exact) mass is 345 g/mol. The molecule has 1 N–H and O–H groups in total. The van der Waals surface area contributed by atoms with Crippen LogP contribution in [0, 0.1) is 5.92 Å². The third-order valence-corrected chi connectivity index (χ3v) is 6.08. The van der Waals surface area contributed by atoms with E-state index in [4.69, 9.17) is 0 Å². The van der Waals surface area contributed by atoms with Crippen LogP contribution in [0.15, 0.2) is 28.7 Å². The molecule has 1 aromatic carbocycles. The lowest BCUT2D eigenvalue weighted by Crippen LogP contribution is -2.31. The van der Waals surface area contributed by atoms with Crippen molar-refractivity contribution in [2.24, 2.45) is 5.92 Å². The number of likely N-dealkylation sites (N-methyl/N-ethyl adjacent to an activating group) is 1. The average molecular weight is 346 g/mol. The lowest BCUT2D eigenvalue weighted by molar-refractivity contribution is 0.376. The van der Waals surface area contributed by atoms with Gasteiger partial charge >= 0.3 is 0 Å². The maximum atomic E-state index is 11.5. The molecule has 0 bridgehead atoms. The summed E-state index contributed by atoms with van der Waals surface area (Å²) in [5.74, 6) is 1.51. The predicted octanol–water partition coefficient (Wildman–Crippen LogP) is 2.58. The van der Waals surface area contributed by atoms with Gasteiger partial charge in [0.05, 0.1) is 11.5 Å². The average Bonchev–Trinajstić information content (AvgIpc) is 2.36. The van der Waals surface area contributed by atoms with Gasteiger partial charge in [-0.15, -0.1) is 0 Å². The van der Waals surface area contributed by atoms with E-state index in [-0.39, 0.29) is 0 Å². The van der Waals surface area contributed by atoms with Crippen LogP contribution in [-0.4, -0.2) is 33.5 Å². The largest absolute Gasteiger partial charge is 0.319 e. The zero-order valence-corrected chi connectivity index (χ0v) is 13.5. The molecule has 106 valence electrons. The number of hydrogen-bond donors (Lipinski definition) is 1. The molecule has 5 heteroatoms. The molecule has 19 heavy (non-hydrogen) atoms. The van der Waals surface area contributed by atoms with Gasteiger partial charge in [-0.2, -0.15) is 0 Å². The number of benzene rings is 1. The Kier molecular flexibility index (Phi) is 5.03. The smallest absolute Gasteiger partial charge is 0.150 e. The first kappa shape index (κ1) is 15.0. The molecule has 1 heterocycles. The molecule has 0 saturated carbocycles. The van der Waals surface area contributed by atoms with Crippen molar-refractivity contribution in [1.29, 1.82) is 0 Å². The fraction of sp³-hybridized carbons (Fsp3) is 0.571. The SMILES string of the molecule is CNCC(c1cccc(Br)c1)C1CCS(=O)(=O)CC1. The Labute approximate surface area is 123 Å². The third kappa shape index (κ3) is 4.04. The van der Waals surface area contributed by atoms with Crippen LogP contribution in [0.1, 0.15) is 24.3 Å². The minimum Gasteiger partial charge on any atom is -0.319 e. The van der Waals surface area contributed by atoms with E-state index in [1.807, 2.05) is 19.2 Å². The highest BCUT2D eigenvalue weighted by molar-refractivity contribution is 9.10. The van der Waals surface area contributed by atoms with E-state index in [9.17, 15) is 8.42 Å². The highest BCUT2D eigenvalue weighted by atomic mass is 79.9. The molecule has 0 aliphatic carbocycles. The second-order valence-electron chi connectivity index (χ2n) is 5.21. The van der Waals surface area contributed by atoms with Gasteiger partial charge in [0.1, 0.15) is 9.84 Å². The van der Waals surface area contributed by atoms with Gasteiger partial charge in [0, 0.05) is 11.0 Å². The van der Waals surface area contributed by atoms with Gasteiger partial charge in [-0.25, -0.2) is 8.42 Å². The molecule has 1 aromatic rings. The van der Waals surface area contributed by atoms with Crippen molar-refractivity contribution >= 4 is 25.8 Å². The molecule has 2 rings (SSSR count). The molecule has 0 radical (unpaired) electrons. The van der Waals surface area contributed by atoms with Crippen molar-refractivity contribution < 1.29 is 8.42 Å². The number of hydrogen-bond acceptors (Lipinski definition) is 3. The quantitative estimate of drug-likeness (QED) is 0.912. The van der Waals surface area contributed by atoms with Crippen LogP contribution < -0.4 is 5.32 Å². The van der Waals surface area contributed by atoms with Gasteiger partial charge in [-0.3, -0.25) is 0 Å². The molecular weight excluding hydrogens is 326 g/mol. The summed E-state index contributed by atoms with van der Waals surface area (Å²) in [5, 5.41) is 3.24. The Bertz CT molecular complexity index is 516. The summed E-state index contributed by atoms with van der Waals surface area (Å²) in [7, 11) is -0.835. The molecule has 1 aliphatic heterocycles. The zero-order valence-electron chi connectivity index (χ0n) is 11.1. The second kappa shape index (κ2) is 6.37. The maximum Gasteiger partial charge on any atom is 0.150 e. The summed E-state index contributed by atoms with van der Waals surface area (Å²) in [6.45, 7) is 0.890. The molecule has 0 amide bonds. The third-order valence-electron chi connectivity index (χ3n) is 3.87. The van der Waals surface area contributed by atoms with Crippen LogP contribution in [0.4, 0.5) is 0 Å². The van der Waals surface area contributed by atoms with Crippen molar-refractivity contribution in [3.05, 3.63) is 34.3 Å². The normalized spacial score (nSPS) is 21.2. The molecule has 1 atom stereocenters. The molecule has 0 aromatic heterocycles. The van der Waals surface area contributed by atoms with Gasteiger partial charge in [0.2, 0.25) is 0 Å². The van der Waals surface area contributed by atoms with Crippen LogP contribution in [0.2, 0.25) is 0 Å². The van der Waals surface area contributed by atoms with Crippen LogP contribution in [0.3, 0.4) is 0 Å². The number of rotatable bonds is 4. The first-order chi connectivity index (χ1) is 9.02. The first-order valence-electron chi connectivity index (χ1n) is 6.62. The van der Waals surface area contributed by atoms with Crippen LogP contribution in [0.25, 0.3) is 0 Å². The highest BCUT2D eigenvalue weighted by Crippen LogP contribution is 2.34. The van der Waals surface area contributed by atoms with E-state index in [2.05, 4.69) is 33.4 Å². The van der Waals surface area contributed by atoms with Crippen LogP contribution in [-0.2, 0) is 9.84 Å². The Morgan fingerprint density at radius 3 is 2.63 bits per heavy atom. The van der Waals surface area contributed by atoms with E-state index in [1.165, 1.54) is 5.56 Å². The standard InChI is InChI=1S/C14H20BrNO2S/c1-16-10-14(12-3-2-4-13(15)9-12)11-5-7-19(17,18)8-6-11/h2-4,9,11,14,16H,5-8,10H2,1H3. The van der Waals surface area contributed by atoms with E-state index >= 15 is 0 Å². The van der Waals surface area contributed by atoms with Crippen molar-refractivity contribution in [3.63, 3.8) is 0 Å². The molecule has 0 spiro atoms. The molecule has 1 unspecified atom stereocenters. The fourth-order valence-corrected chi connectivity index (χ4v) is 4.77. The Balaban J connectivity index is 2.17. The Hall–Kier alpha value is -0.390. The van der Waals surface area contributed by atoms with Crippen LogP contribution in [0.5, 0.6) is 0 Å². The Morgan fingerprint density at radius 1 is 1.37 bits per heavy atom. The second-order valence-corrected chi connectivity index (χ2v) is 8.43. The van der Waals surface area contributed by atoms with Crippen molar-refractivity contribution in [2.75, 3.05) is 25.1 Å². The summed E-state index contributed by atoms with van der Waals surface area (Å²) in [6, 6.07) is 8.34. The molecular formula is C14H20BrNO2S. The van der Waals surface area contributed by atoms with Gasteiger partial charge < -0.3 is 5.32 Å². The predicted molar refractivity (Wildman–Crippen MR) is 82.2 cm³/mol. The van der Waals surface area contributed by atoms with E-state index in [0.717, 1.165) is 23.9 Å². The maximum absolute atomic E-state index is 11.5. The lowest BCUT2D eigenvalue weighted by atomic mass is 9.82. The van der Waals surface area contributed by atoms with E-state index in [0.29, 0.717) is 23.3 Å². The number of nitrogens with one attached hydrogen (secondary N) is 1. The zero-order chi connectivity index (χ0) is 13.9. The Morgan fingerprint density at radius 2 is 2.05 bits per heavy atom. The molecule has 3 nitrogen and oxygen atoms in total. The minimum absolute atomic E-state index is 0.339. The summed E-state index contributed by atoms with van der Waals surface area (Å²) >= 11 is 3.51. The van der Waals surface area contributed by atoms with Gasteiger partial charge in [0.15, 0.2) is 0 Å². The fourth-order valence-electron chi connectivity index (χ4n) is 2.82. The molecule has 1 saturated heterocycles. The van der Waals surface area contributed by atoms with E-state index in [1.54, 1.807) is 0 Å². The van der Waals surface area contributed by atoms with Crippen molar-refractivity contribution in [1.82, 2.24) is 5.32 Å². The molecule has 1 fully saturated rings. The molecule has 1 aliphatic rings. The number of halogens is 1. The van der Waals surface area contributed by atoms with E-state index < -0.39 is 9.84 Å². The first-order valence-corrected chi connectivity index (χ1v) is 9.24. The minimum atomic E-state index is -2.78. The van der Waals surface area contributed by atoms with Crippen molar-refractivity contribution in [2.45, 2.75) is 18.8 Å². The number of sulfone groups is 1. The van der Waals surface area contributed by atoms with Gasteiger partial charge in [-0.05, 0) is 49.4 Å². The summed E-state index contributed by atoms with van der Waals surface area (Å²) in [6.07, 6.45) is 1.56. The van der Waals surface area contributed by atoms with Crippen molar-refractivity contribution in [3.8, 4) is 0 Å².